The average molecular weight is 256 g/mol. The van der Waals surface area contributed by atoms with E-state index in [2.05, 4.69) is 20.1 Å². The van der Waals surface area contributed by atoms with E-state index in [0.29, 0.717) is 11.7 Å². The van der Waals surface area contributed by atoms with E-state index in [9.17, 15) is 0 Å². The molecule has 3 aromatic rings. The minimum atomic E-state index is 0.559. The van der Waals surface area contributed by atoms with E-state index >= 15 is 0 Å². The molecular formula is C12H12N6O. The molecule has 19 heavy (non-hydrogen) atoms. The standard InChI is InChI=1S/C12H12N6O/c1-17-6-10(15-8-17)12-14-7-16-18(12)9-3-4-11(19-2)13-5-9/h3-8H,1-2H3. The maximum atomic E-state index is 5.03. The van der Waals surface area contributed by atoms with Crippen LogP contribution in [0.2, 0.25) is 0 Å². The molecule has 3 aromatic heterocycles. The van der Waals surface area contributed by atoms with Crippen LogP contribution in [0.3, 0.4) is 0 Å². The Morgan fingerprint density at radius 1 is 1.16 bits per heavy atom. The van der Waals surface area contributed by atoms with Crippen molar-refractivity contribution in [2.45, 2.75) is 0 Å². The largest absolute Gasteiger partial charge is 0.481 e. The van der Waals surface area contributed by atoms with Gasteiger partial charge >= 0.3 is 0 Å². The maximum Gasteiger partial charge on any atom is 0.213 e. The van der Waals surface area contributed by atoms with Crippen molar-refractivity contribution in [1.29, 1.82) is 0 Å². The summed E-state index contributed by atoms with van der Waals surface area (Å²) in [7, 11) is 3.49. The number of rotatable bonds is 3. The van der Waals surface area contributed by atoms with Gasteiger partial charge in [-0.25, -0.2) is 19.6 Å². The predicted octanol–water partition coefficient (Wildman–Crippen LogP) is 1.07. The van der Waals surface area contributed by atoms with Gasteiger partial charge in [-0.2, -0.15) is 5.10 Å². The van der Waals surface area contributed by atoms with E-state index in [4.69, 9.17) is 4.74 Å². The Kier molecular flexibility index (Phi) is 2.71. The van der Waals surface area contributed by atoms with Gasteiger partial charge in [0.15, 0.2) is 5.82 Å². The van der Waals surface area contributed by atoms with Crippen LogP contribution in [0.5, 0.6) is 5.88 Å². The topological polar surface area (TPSA) is 70.7 Å². The smallest absolute Gasteiger partial charge is 0.213 e. The molecule has 0 aromatic carbocycles. The first-order chi connectivity index (χ1) is 9.28. The van der Waals surface area contributed by atoms with Crippen LogP contribution in [0.15, 0.2) is 37.2 Å². The Labute approximate surface area is 109 Å². The number of pyridine rings is 1. The van der Waals surface area contributed by atoms with Crippen LogP contribution in [0.1, 0.15) is 0 Å². The minimum Gasteiger partial charge on any atom is -0.481 e. The fourth-order valence-corrected chi connectivity index (χ4v) is 1.75. The molecule has 0 saturated heterocycles. The predicted molar refractivity (Wildman–Crippen MR) is 67.9 cm³/mol. The summed E-state index contributed by atoms with van der Waals surface area (Å²) >= 11 is 0. The molecule has 0 unspecified atom stereocenters. The molecule has 3 rings (SSSR count). The van der Waals surface area contributed by atoms with Gasteiger partial charge in [0.05, 0.1) is 25.3 Å². The van der Waals surface area contributed by atoms with E-state index in [1.807, 2.05) is 23.9 Å². The first-order valence-corrected chi connectivity index (χ1v) is 5.66. The molecule has 0 N–H and O–H groups in total. The lowest BCUT2D eigenvalue weighted by Crippen LogP contribution is -2.00. The highest BCUT2D eigenvalue weighted by molar-refractivity contribution is 5.51. The fraction of sp³-hybridized carbons (Fsp3) is 0.167. The zero-order chi connectivity index (χ0) is 13.2. The second kappa shape index (κ2) is 4.52. The van der Waals surface area contributed by atoms with E-state index < -0.39 is 0 Å². The summed E-state index contributed by atoms with van der Waals surface area (Å²) in [6.07, 6.45) is 6.78. The highest BCUT2D eigenvalue weighted by Gasteiger charge is 2.11. The highest BCUT2D eigenvalue weighted by atomic mass is 16.5. The van der Waals surface area contributed by atoms with E-state index in [1.165, 1.54) is 6.33 Å². The number of nitrogens with zero attached hydrogens (tertiary/aromatic N) is 6. The summed E-state index contributed by atoms with van der Waals surface area (Å²) in [5.41, 5.74) is 1.56. The van der Waals surface area contributed by atoms with Gasteiger partial charge in [-0.05, 0) is 6.07 Å². The fourth-order valence-electron chi connectivity index (χ4n) is 1.75. The van der Waals surface area contributed by atoms with Crippen molar-refractivity contribution >= 4 is 0 Å². The van der Waals surface area contributed by atoms with Gasteiger partial charge in [0.2, 0.25) is 5.88 Å². The molecule has 0 amide bonds. The third-order valence-corrected chi connectivity index (χ3v) is 2.66. The van der Waals surface area contributed by atoms with Crippen molar-refractivity contribution in [3.8, 4) is 23.1 Å². The Hall–Kier alpha value is -2.70. The lowest BCUT2D eigenvalue weighted by molar-refractivity contribution is 0.397. The minimum absolute atomic E-state index is 0.559. The van der Waals surface area contributed by atoms with Crippen molar-refractivity contribution in [2.24, 2.45) is 7.05 Å². The number of aryl methyl sites for hydroxylation is 1. The Morgan fingerprint density at radius 2 is 2.05 bits per heavy atom. The van der Waals surface area contributed by atoms with Gasteiger partial charge < -0.3 is 9.30 Å². The summed E-state index contributed by atoms with van der Waals surface area (Å²) in [4.78, 5) is 12.7. The molecule has 3 heterocycles. The Morgan fingerprint density at radius 3 is 2.68 bits per heavy atom. The van der Waals surface area contributed by atoms with E-state index in [0.717, 1.165) is 11.4 Å². The first-order valence-electron chi connectivity index (χ1n) is 5.66. The molecule has 0 saturated carbocycles. The molecular weight excluding hydrogens is 244 g/mol. The molecule has 0 aliphatic carbocycles. The number of methoxy groups -OCH3 is 1. The molecule has 0 aliphatic rings. The van der Waals surface area contributed by atoms with Gasteiger partial charge in [-0.3, -0.25) is 0 Å². The molecule has 0 atom stereocenters. The summed E-state index contributed by atoms with van der Waals surface area (Å²) in [5.74, 6) is 1.23. The van der Waals surface area contributed by atoms with Gasteiger partial charge in [0.25, 0.3) is 0 Å². The van der Waals surface area contributed by atoms with Gasteiger partial charge in [-0.1, -0.05) is 0 Å². The van der Waals surface area contributed by atoms with Crippen LogP contribution in [-0.4, -0.2) is 36.4 Å². The lowest BCUT2D eigenvalue weighted by Gasteiger charge is -2.04. The second-order valence-electron chi connectivity index (χ2n) is 3.98. The zero-order valence-electron chi connectivity index (χ0n) is 10.6. The average Bonchev–Trinajstić information content (AvgIpc) is 3.07. The normalized spacial score (nSPS) is 10.6. The third kappa shape index (κ3) is 2.05. The van der Waals surface area contributed by atoms with Crippen molar-refractivity contribution < 1.29 is 4.74 Å². The molecule has 0 fully saturated rings. The second-order valence-corrected chi connectivity index (χ2v) is 3.98. The number of ether oxygens (including phenoxy) is 1. The van der Waals surface area contributed by atoms with Gasteiger partial charge in [0, 0.05) is 19.3 Å². The first kappa shape index (κ1) is 11.4. The molecule has 0 bridgehead atoms. The molecule has 0 spiro atoms. The number of hydrogen-bond donors (Lipinski definition) is 0. The molecule has 0 radical (unpaired) electrons. The van der Waals surface area contributed by atoms with Gasteiger partial charge in [-0.15, -0.1) is 0 Å². The molecule has 7 heteroatoms. The zero-order valence-corrected chi connectivity index (χ0v) is 10.6. The van der Waals surface area contributed by atoms with E-state index in [-0.39, 0.29) is 0 Å². The van der Waals surface area contributed by atoms with Crippen molar-refractivity contribution in [2.75, 3.05) is 7.11 Å². The van der Waals surface area contributed by atoms with Crippen LogP contribution >= 0.6 is 0 Å². The number of hydrogen-bond acceptors (Lipinski definition) is 5. The third-order valence-electron chi connectivity index (χ3n) is 2.66. The Balaban J connectivity index is 2.03. The quantitative estimate of drug-likeness (QED) is 0.701. The van der Waals surface area contributed by atoms with Crippen molar-refractivity contribution in [3.63, 3.8) is 0 Å². The monoisotopic (exact) mass is 256 g/mol. The lowest BCUT2D eigenvalue weighted by atomic mass is 10.4. The van der Waals surface area contributed by atoms with Crippen LogP contribution in [0.25, 0.3) is 17.2 Å². The number of imidazole rings is 1. The van der Waals surface area contributed by atoms with E-state index in [1.54, 1.807) is 30.4 Å². The van der Waals surface area contributed by atoms with Crippen LogP contribution < -0.4 is 4.74 Å². The summed E-state index contributed by atoms with van der Waals surface area (Å²) in [6, 6.07) is 3.65. The highest BCUT2D eigenvalue weighted by Crippen LogP contribution is 2.18. The van der Waals surface area contributed by atoms with Crippen LogP contribution in [0.4, 0.5) is 0 Å². The molecule has 7 nitrogen and oxygen atoms in total. The van der Waals surface area contributed by atoms with Crippen molar-refractivity contribution in [3.05, 3.63) is 37.2 Å². The summed E-state index contributed by atoms with van der Waals surface area (Å²) in [6.45, 7) is 0. The molecule has 0 aliphatic heterocycles. The van der Waals surface area contributed by atoms with Crippen LogP contribution in [-0.2, 0) is 7.05 Å². The Bertz CT molecular complexity index is 684. The van der Waals surface area contributed by atoms with Gasteiger partial charge in [0.1, 0.15) is 12.0 Å². The SMILES string of the molecule is COc1ccc(-n2ncnc2-c2cn(C)cn2)cn1. The van der Waals surface area contributed by atoms with Crippen molar-refractivity contribution in [1.82, 2.24) is 29.3 Å². The summed E-state index contributed by atoms with van der Waals surface area (Å²) < 4.78 is 8.58. The maximum absolute atomic E-state index is 5.03. The number of aromatic nitrogens is 6. The van der Waals surface area contributed by atoms with Crippen LogP contribution in [0, 0.1) is 0 Å². The molecule has 96 valence electrons. The summed E-state index contributed by atoms with van der Waals surface area (Å²) in [5, 5.41) is 4.20.